The molecule has 0 bridgehead atoms. The van der Waals surface area contributed by atoms with E-state index in [1.807, 2.05) is 0 Å². The third kappa shape index (κ3) is 1.96. The van der Waals surface area contributed by atoms with E-state index >= 15 is 0 Å². The first kappa shape index (κ1) is 13.3. The highest BCUT2D eigenvalue weighted by Gasteiger charge is 2.72. The number of benzene rings is 1. The van der Waals surface area contributed by atoms with Gasteiger partial charge in [-0.1, -0.05) is 0 Å². The molecule has 0 spiro atoms. The minimum absolute atomic E-state index is 0.0302. The number of fused-ring (bicyclic) bond motifs is 1. The summed E-state index contributed by atoms with van der Waals surface area (Å²) in [6, 6.07) is 3.79. The number of halogens is 5. The Bertz CT molecular complexity index is 537. The van der Waals surface area contributed by atoms with Gasteiger partial charge in [0, 0.05) is 18.7 Å². The van der Waals surface area contributed by atoms with Crippen LogP contribution in [0.2, 0.25) is 0 Å². The Kier molecular flexibility index (Phi) is 2.62. The van der Waals surface area contributed by atoms with E-state index < -0.39 is 35.4 Å². The van der Waals surface area contributed by atoms with E-state index in [0.29, 0.717) is 0 Å². The fourth-order valence-electron chi connectivity index (χ4n) is 2.66. The Morgan fingerprint density at radius 2 is 1.60 bits per heavy atom. The molecule has 1 amide bonds. The lowest BCUT2D eigenvalue weighted by atomic mass is 10.1. The van der Waals surface area contributed by atoms with E-state index in [0.717, 1.165) is 24.3 Å². The van der Waals surface area contributed by atoms with Gasteiger partial charge in [0.05, 0.1) is 17.4 Å². The maximum Gasteiger partial charge on any atom is 0.416 e. The Balaban J connectivity index is 1.70. The molecular weight excluding hydrogens is 281 g/mol. The molecule has 1 aliphatic carbocycles. The summed E-state index contributed by atoms with van der Waals surface area (Å²) in [5, 5.41) is 0. The van der Waals surface area contributed by atoms with Crippen LogP contribution in [-0.4, -0.2) is 29.8 Å². The molecule has 1 heterocycles. The average Bonchev–Trinajstić information content (AvgIpc) is 2.79. The first-order chi connectivity index (χ1) is 9.21. The van der Waals surface area contributed by atoms with Crippen molar-refractivity contribution in [1.29, 1.82) is 0 Å². The zero-order chi connectivity index (χ0) is 14.7. The predicted octanol–water partition coefficient (Wildman–Crippen LogP) is 3.04. The number of likely N-dealkylation sites (tertiary alicyclic amines) is 1. The van der Waals surface area contributed by atoms with Crippen LogP contribution >= 0.6 is 0 Å². The largest absolute Gasteiger partial charge is 0.416 e. The Morgan fingerprint density at radius 3 is 2.05 bits per heavy atom. The predicted molar refractivity (Wildman–Crippen MR) is 59.3 cm³/mol. The summed E-state index contributed by atoms with van der Waals surface area (Å²) in [6.45, 7) is -0.0605. The number of alkyl halides is 5. The van der Waals surface area contributed by atoms with Gasteiger partial charge in [-0.2, -0.15) is 13.2 Å². The molecule has 1 saturated carbocycles. The molecule has 0 aromatic heterocycles. The molecule has 1 saturated heterocycles. The van der Waals surface area contributed by atoms with Gasteiger partial charge in [-0.3, -0.25) is 4.79 Å². The number of rotatable bonds is 1. The van der Waals surface area contributed by atoms with Crippen molar-refractivity contribution in [2.24, 2.45) is 11.8 Å². The maximum absolute atomic E-state index is 13.0. The van der Waals surface area contributed by atoms with Crippen molar-refractivity contribution in [3.05, 3.63) is 35.4 Å². The maximum atomic E-state index is 13.0. The zero-order valence-corrected chi connectivity index (χ0v) is 10.1. The van der Waals surface area contributed by atoms with Crippen LogP contribution in [0.1, 0.15) is 15.9 Å². The molecule has 1 aliphatic heterocycles. The second-order valence-corrected chi connectivity index (χ2v) is 5.17. The van der Waals surface area contributed by atoms with Crippen LogP contribution in [0.3, 0.4) is 0 Å². The summed E-state index contributed by atoms with van der Waals surface area (Å²) in [6.07, 6.45) is -4.46. The van der Waals surface area contributed by atoms with E-state index in [-0.39, 0.29) is 18.7 Å². The van der Waals surface area contributed by atoms with Crippen LogP contribution in [0.5, 0.6) is 0 Å². The van der Waals surface area contributed by atoms with Crippen molar-refractivity contribution >= 4 is 5.91 Å². The molecule has 20 heavy (non-hydrogen) atoms. The molecule has 0 N–H and O–H groups in total. The summed E-state index contributed by atoms with van der Waals surface area (Å²) in [5.41, 5.74) is -0.757. The first-order valence-electron chi connectivity index (χ1n) is 6.05. The number of carbonyl (C=O) groups is 1. The molecule has 2 fully saturated rings. The fraction of sp³-hybridized carbons (Fsp3) is 0.462. The third-order valence-electron chi connectivity index (χ3n) is 3.95. The lowest BCUT2D eigenvalue weighted by Gasteiger charge is -2.20. The first-order valence-corrected chi connectivity index (χ1v) is 6.05. The third-order valence-corrected chi connectivity index (χ3v) is 3.95. The standard InChI is InChI=1S/C13H10F5NO/c14-12(15)9-5-19(6-10(9)12)11(20)7-1-3-8(4-2-7)13(16,17)18/h1-4,9-10H,5-6H2. The van der Waals surface area contributed by atoms with Crippen molar-refractivity contribution in [3.8, 4) is 0 Å². The van der Waals surface area contributed by atoms with Gasteiger partial charge >= 0.3 is 6.18 Å². The van der Waals surface area contributed by atoms with Crippen molar-refractivity contribution in [2.45, 2.75) is 12.1 Å². The Labute approximate surface area is 111 Å². The number of amides is 1. The molecule has 2 nitrogen and oxygen atoms in total. The smallest absolute Gasteiger partial charge is 0.338 e. The number of piperidine rings is 1. The second kappa shape index (κ2) is 3.93. The molecule has 1 aromatic carbocycles. The van der Waals surface area contributed by atoms with E-state index in [1.165, 1.54) is 4.90 Å². The number of hydrogen-bond acceptors (Lipinski definition) is 1. The van der Waals surface area contributed by atoms with Crippen LogP contribution in [0.15, 0.2) is 24.3 Å². The van der Waals surface area contributed by atoms with Gasteiger partial charge in [0.25, 0.3) is 11.8 Å². The van der Waals surface area contributed by atoms with Crippen molar-refractivity contribution in [2.75, 3.05) is 13.1 Å². The second-order valence-electron chi connectivity index (χ2n) is 5.17. The van der Waals surface area contributed by atoms with Gasteiger partial charge in [0.15, 0.2) is 0 Å². The Morgan fingerprint density at radius 1 is 1.10 bits per heavy atom. The minimum atomic E-state index is -4.46. The monoisotopic (exact) mass is 291 g/mol. The molecule has 7 heteroatoms. The average molecular weight is 291 g/mol. The number of carbonyl (C=O) groups excluding carboxylic acids is 1. The lowest BCUT2D eigenvalue weighted by molar-refractivity contribution is -0.137. The van der Waals surface area contributed by atoms with Gasteiger partial charge < -0.3 is 4.90 Å². The molecule has 2 unspecified atom stereocenters. The van der Waals surface area contributed by atoms with Crippen LogP contribution < -0.4 is 0 Å². The highest BCUT2D eigenvalue weighted by atomic mass is 19.4. The normalized spacial score (nSPS) is 27.4. The lowest BCUT2D eigenvalue weighted by Crippen LogP contribution is -2.33. The van der Waals surface area contributed by atoms with Crippen LogP contribution in [-0.2, 0) is 6.18 Å². The highest BCUT2D eigenvalue weighted by molar-refractivity contribution is 5.94. The number of nitrogens with zero attached hydrogens (tertiary/aromatic N) is 1. The Hall–Kier alpha value is -1.66. The SMILES string of the molecule is O=C(c1ccc(C(F)(F)F)cc1)N1CC2C(C1)C2(F)F. The van der Waals surface area contributed by atoms with Crippen molar-refractivity contribution in [3.63, 3.8) is 0 Å². The molecule has 108 valence electrons. The van der Waals surface area contributed by atoms with Gasteiger partial charge in [-0.15, -0.1) is 0 Å². The summed E-state index contributed by atoms with van der Waals surface area (Å²) in [5.74, 6) is -4.76. The van der Waals surface area contributed by atoms with Crippen molar-refractivity contribution < 1.29 is 26.7 Å². The molecule has 0 radical (unpaired) electrons. The van der Waals surface area contributed by atoms with Gasteiger partial charge in [0.1, 0.15) is 0 Å². The number of hydrogen-bond donors (Lipinski definition) is 0. The van der Waals surface area contributed by atoms with Crippen LogP contribution in [0.4, 0.5) is 22.0 Å². The minimum Gasteiger partial charge on any atom is -0.338 e. The molecule has 3 rings (SSSR count). The van der Waals surface area contributed by atoms with E-state index in [9.17, 15) is 26.7 Å². The van der Waals surface area contributed by atoms with Gasteiger partial charge in [0.2, 0.25) is 0 Å². The molecular formula is C13H10F5NO. The van der Waals surface area contributed by atoms with Crippen LogP contribution in [0, 0.1) is 11.8 Å². The van der Waals surface area contributed by atoms with Crippen LogP contribution in [0.25, 0.3) is 0 Å². The quantitative estimate of drug-likeness (QED) is 0.728. The fourth-order valence-corrected chi connectivity index (χ4v) is 2.66. The van der Waals surface area contributed by atoms with E-state index in [1.54, 1.807) is 0 Å². The van der Waals surface area contributed by atoms with Gasteiger partial charge in [-0.25, -0.2) is 8.78 Å². The van der Waals surface area contributed by atoms with Gasteiger partial charge in [-0.05, 0) is 24.3 Å². The summed E-state index contributed by atoms with van der Waals surface area (Å²) < 4.78 is 63.2. The van der Waals surface area contributed by atoms with Crippen molar-refractivity contribution in [1.82, 2.24) is 4.90 Å². The summed E-state index contributed by atoms with van der Waals surface area (Å²) in [4.78, 5) is 13.3. The van der Waals surface area contributed by atoms with E-state index in [2.05, 4.69) is 0 Å². The summed E-state index contributed by atoms with van der Waals surface area (Å²) in [7, 11) is 0. The molecule has 1 aromatic rings. The molecule has 2 aliphatic rings. The zero-order valence-electron chi connectivity index (χ0n) is 10.1. The summed E-state index contributed by atoms with van der Waals surface area (Å²) >= 11 is 0. The molecule has 2 atom stereocenters. The van der Waals surface area contributed by atoms with E-state index in [4.69, 9.17) is 0 Å². The topological polar surface area (TPSA) is 20.3 Å². The highest BCUT2D eigenvalue weighted by Crippen LogP contribution is 2.59.